The molecule has 0 radical (unpaired) electrons. The van der Waals surface area contributed by atoms with Crippen LogP contribution in [0.5, 0.6) is 0 Å². The molecular formula is C38H44N2. The molecule has 0 saturated heterocycles. The molecule has 1 heterocycles. The Bertz CT molecular complexity index is 1570. The van der Waals surface area contributed by atoms with Crippen molar-refractivity contribution in [2.45, 2.75) is 80.1 Å². The molecule has 1 aromatic heterocycles. The molecule has 0 amide bonds. The SMILES string of the molecule is C/C=C(\C)c1ccc(CCCc2[nH]nc3cc(C4=CC5CC(=C4C(/C=C\C=C(C)C)=C(\C)CC)C5)ccc23)cc1. The molecule has 2 heteroatoms. The van der Waals surface area contributed by atoms with Crippen LogP contribution < -0.4 is 0 Å². The van der Waals surface area contributed by atoms with Crippen LogP contribution in [-0.4, -0.2) is 10.2 Å². The summed E-state index contributed by atoms with van der Waals surface area (Å²) in [5.41, 5.74) is 16.3. The molecular weight excluding hydrogens is 484 g/mol. The summed E-state index contributed by atoms with van der Waals surface area (Å²) in [5.74, 6) is 0.681. The lowest BCUT2D eigenvalue weighted by Gasteiger charge is -2.37. The third kappa shape index (κ3) is 5.92. The molecule has 1 fully saturated rings. The lowest BCUT2D eigenvalue weighted by molar-refractivity contribution is 0.502. The van der Waals surface area contributed by atoms with Crippen LogP contribution in [0.1, 0.15) is 89.6 Å². The van der Waals surface area contributed by atoms with E-state index in [0.717, 1.165) is 31.2 Å². The van der Waals surface area contributed by atoms with Crippen molar-refractivity contribution in [3.63, 3.8) is 0 Å². The zero-order valence-corrected chi connectivity index (χ0v) is 25.2. The second-order valence-electron chi connectivity index (χ2n) is 11.8. The first-order chi connectivity index (χ1) is 19.4. The summed E-state index contributed by atoms with van der Waals surface area (Å²) in [4.78, 5) is 0. The molecule has 3 aliphatic rings. The van der Waals surface area contributed by atoms with E-state index in [0.29, 0.717) is 5.92 Å². The lowest BCUT2D eigenvalue weighted by atomic mass is 9.67. The van der Waals surface area contributed by atoms with Gasteiger partial charge in [0.2, 0.25) is 0 Å². The van der Waals surface area contributed by atoms with Gasteiger partial charge >= 0.3 is 0 Å². The first-order valence-electron chi connectivity index (χ1n) is 15.0. The summed E-state index contributed by atoms with van der Waals surface area (Å²) in [6.45, 7) is 13.1. The van der Waals surface area contributed by atoms with E-state index < -0.39 is 0 Å². The molecule has 3 aromatic rings. The van der Waals surface area contributed by atoms with Gasteiger partial charge < -0.3 is 0 Å². The molecule has 6 rings (SSSR count). The van der Waals surface area contributed by atoms with Gasteiger partial charge in [-0.25, -0.2) is 0 Å². The Morgan fingerprint density at radius 3 is 2.48 bits per heavy atom. The molecule has 40 heavy (non-hydrogen) atoms. The number of aromatic nitrogens is 2. The molecule has 2 aromatic carbocycles. The van der Waals surface area contributed by atoms with Crippen molar-refractivity contribution in [3.05, 3.63) is 123 Å². The first-order valence-corrected chi connectivity index (χ1v) is 15.0. The average molecular weight is 529 g/mol. The van der Waals surface area contributed by atoms with Crippen LogP contribution in [0.3, 0.4) is 0 Å². The van der Waals surface area contributed by atoms with Gasteiger partial charge in [0.25, 0.3) is 0 Å². The van der Waals surface area contributed by atoms with Crippen molar-refractivity contribution in [2.24, 2.45) is 5.92 Å². The largest absolute Gasteiger partial charge is 0.281 e. The fourth-order valence-electron chi connectivity index (χ4n) is 5.94. The Balaban J connectivity index is 1.35. The maximum absolute atomic E-state index is 4.75. The summed E-state index contributed by atoms with van der Waals surface area (Å²) < 4.78 is 0. The predicted octanol–water partition coefficient (Wildman–Crippen LogP) is 10.5. The summed E-state index contributed by atoms with van der Waals surface area (Å²) in [6, 6.07) is 15.9. The van der Waals surface area contributed by atoms with Gasteiger partial charge in [0.15, 0.2) is 0 Å². The fraction of sp³-hybridized carbons (Fsp3) is 0.342. The number of H-pyrrole nitrogens is 1. The van der Waals surface area contributed by atoms with Crippen molar-refractivity contribution in [1.29, 1.82) is 0 Å². The molecule has 1 saturated carbocycles. The quantitative estimate of drug-likeness (QED) is 0.260. The Labute approximate surface area is 241 Å². The summed E-state index contributed by atoms with van der Waals surface area (Å²) in [6.07, 6.45) is 18.1. The zero-order valence-electron chi connectivity index (χ0n) is 25.2. The van der Waals surface area contributed by atoms with Gasteiger partial charge in [0, 0.05) is 11.1 Å². The van der Waals surface area contributed by atoms with E-state index in [1.807, 2.05) is 0 Å². The number of hydrogen-bond donors (Lipinski definition) is 1. The van der Waals surface area contributed by atoms with Crippen molar-refractivity contribution >= 4 is 22.0 Å². The summed E-state index contributed by atoms with van der Waals surface area (Å²) in [5, 5.41) is 9.37. The highest BCUT2D eigenvalue weighted by atomic mass is 15.1. The average Bonchev–Trinajstić information content (AvgIpc) is 3.36. The highest BCUT2D eigenvalue weighted by Crippen LogP contribution is 2.50. The Kier molecular flexibility index (Phi) is 8.54. The smallest absolute Gasteiger partial charge is 0.0929 e. The molecule has 0 aliphatic heterocycles. The van der Waals surface area contributed by atoms with E-state index in [-0.39, 0.29) is 0 Å². The van der Waals surface area contributed by atoms with Gasteiger partial charge in [-0.05, 0) is 124 Å². The monoisotopic (exact) mass is 528 g/mol. The van der Waals surface area contributed by atoms with Crippen molar-refractivity contribution < 1.29 is 0 Å². The van der Waals surface area contributed by atoms with Crippen LogP contribution in [0, 0.1) is 5.92 Å². The standard InChI is InChI=1S/C38H44N2/c1-7-26(5)30-17-15-28(16-18-30)12-10-14-36-34-20-19-31(24-37(34)40-39-36)35-23-29-21-32(22-29)38(35)33(27(6)8-2)13-9-11-25(3)4/h7,9,11,13,15-20,23-24,29H,8,10,12,14,21-22H2,1-6H3,(H,39,40)/b13-9-,26-7+,33-27+. The third-order valence-corrected chi connectivity index (χ3v) is 8.67. The van der Waals surface area contributed by atoms with Crippen molar-refractivity contribution in [1.82, 2.24) is 10.2 Å². The van der Waals surface area contributed by atoms with Crippen LogP contribution in [0.4, 0.5) is 0 Å². The number of nitrogens with zero attached hydrogens (tertiary/aromatic N) is 1. The molecule has 0 unspecified atom stereocenters. The number of aromatic amines is 1. The van der Waals surface area contributed by atoms with Crippen LogP contribution in [-0.2, 0) is 12.8 Å². The summed E-state index contributed by atoms with van der Waals surface area (Å²) in [7, 11) is 0. The van der Waals surface area contributed by atoms with Crippen LogP contribution in [0.2, 0.25) is 0 Å². The van der Waals surface area contributed by atoms with Crippen LogP contribution in [0.15, 0.2) is 101 Å². The first kappa shape index (κ1) is 27.9. The van der Waals surface area contributed by atoms with E-state index in [4.69, 9.17) is 5.10 Å². The van der Waals surface area contributed by atoms with Crippen molar-refractivity contribution in [3.8, 4) is 0 Å². The number of aryl methyl sites for hydroxylation is 2. The predicted molar refractivity (Wildman–Crippen MR) is 173 cm³/mol. The van der Waals surface area contributed by atoms with Gasteiger partial charge in [-0.15, -0.1) is 0 Å². The van der Waals surface area contributed by atoms with E-state index >= 15 is 0 Å². The number of benzene rings is 2. The minimum atomic E-state index is 0.681. The van der Waals surface area contributed by atoms with Gasteiger partial charge in [-0.2, -0.15) is 5.10 Å². The van der Waals surface area contributed by atoms with Gasteiger partial charge in [-0.3, -0.25) is 5.10 Å². The van der Waals surface area contributed by atoms with Crippen LogP contribution >= 0.6 is 0 Å². The van der Waals surface area contributed by atoms with E-state index in [9.17, 15) is 0 Å². The van der Waals surface area contributed by atoms with Gasteiger partial charge in [0.05, 0.1) is 5.52 Å². The highest BCUT2D eigenvalue weighted by molar-refractivity contribution is 5.93. The van der Waals surface area contributed by atoms with Crippen LogP contribution in [0.25, 0.3) is 22.0 Å². The number of hydrogen-bond acceptors (Lipinski definition) is 1. The fourth-order valence-corrected chi connectivity index (χ4v) is 5.94. The second kappa shape index (κ2) is 12.3. The Morgan fingerprint density at radius 2 is 1.77 bits per heavy atom. The molecule has 2 nitrogen and oxygen atoms in total. The molecule has 0 spiro atoms. The number of fused-ring (bicyclic) bond motifs is 2. The molecule has 2 bridgehead atoms. The maximum Gasteiger partial charge on any atom is 0.0929 e. The number of nitrogens with one attached hydrogen (secondary N) is 1. The van der Waals surface area contributed by atoms with E-state index in [1.165, 1.54) is 74.1 Å². The van der Waals surface area contributed by atoms with Gasteiger partial charge in [-0.1, -0.05) is 90.4 Å². The Hall–Kier alpha value is -3.65. The maximum atomic E-state index is 4.75. The number of rotatable bonds is 10. The minimum Gasteiger partial charge on any atom is -0.281 e. The molecule has 3 aliphatic carbocycles. The summed E-state index contributed by atoms with van der Waals surface area (Å²) >= 11 is 0. The third-order valence-electron chi connectivity index (χ3n) is 8.67. The normalized spacial score (nSPS) is 16.4. The number of allylic oxidation sites excluding steroid dienone is 12. The zero-order chi connectivity index (χ0) is 28.2. The minimum absolute atomic E-state index is 0.681. The van der Waals surface area contributed by atoms with Crippen molar-refractivity contribution in [2.75, 3.05) is 0 Å². The molecule has 0 atom stereocenters. The van der Waals surface area contributed by atoms with E-state index in [2.05, 4.69) is 119 Å². The van der Waals surface area contributed by atoms with Gasteiger partial charge in [0.1, 0.15) is 0 Å². The molecule has 1 N–H and O–H groups in total. The lowest BCUT2D eigenvalue weighted by Crippen LogP contribution is -2.21. The Morgan fingerprint density at radius 1 is 1.00 bits per heavy atom. The second-order valence-corrected chi connectivity index (χ2v) is 11.8. The topological polar surface area (TPSA) is 28.7 Å². The molecule has 206 valence electrons. The van der Waals surface area contributed by atoms with E-state index in [1.54, 1.807) is 5.57 Å². The highest BCUT2D eigenvalue weighted by Gasteiger charge is 2.33.